The van der Waals surface area contributed by atoms with Gasteiger partial charge in [-0.25, -0.2) is 4.98 Å². The molecule has 2 aromatic rings. The van der Waals surface area contributed by atoms with E-state index in [4.69, 9.17) is 5.73 Å². The van der Waals surface area contributed by atoms with Crippen molar-refractivity contribution in [3.8, 4) is 0 Å². The number of nitrogens with one attached hydrogen (secondary N) is 1. The van der Waals surface area contributed by atoms with Crippen molar-refractivity contribution in [1.82, 2.24) is 4.98 Å². The molecule has 0 saturated heterocycles. The van der Waals surface area contributed by atoms with Crippen LogP contribution in [0.1, 0.15) is 22.6 Å². The number of hydrogen-bond donors (Lipinski definition) is 2. The highest BCUT2D eigenvalue weighted by molar-refractivity contribution is 7.15. The maximum atomic E-state index is 11.8. The molecule has 0 fully saturated rings. The van der Waals surface area contributed by atoms with Gasteiger partial charge in [-0.1, -0.05) is 18.2 Å². The van der Waals surface area contributed by atoms with Crippen molar-refractivity contribution in [1.29, 1.82) is 0 Å². The first kappa shape index (κ1) is 16.5. The average Bonchev–Trinajstić information content (AvgIpc) is 2.67. The summed E-state index contributed by atoms with van der Waals surface area (Å²) in [5, 5.41) is 3.49. The quantitative estimate of drug-likeness (QED) is 0.851. The zero-order valence-corrected chi connectivity index (χ0v) is 13.1. The first-order valence-corrected chi connectivity index (χ1v) is 6.95. The number of nitrogen functional groups attached to an aromatic ring is 1. The number of nitrogens with two attached hydrogens (primary N) is 1. The summed E-state index contributed by atoms with van der Waals surface area (Å²) in [5.74, 6) is -0.0306. The molecule has 1 heterocycles. The third-order valence-corrected chi connectivity index (χ3v) is 3.94. The number of amides is 1. The number of para-hydroxylation sites is 1. The molecule has 1 aromatic carbocycles. The maximum absolute atomic E-state index is 11.8. The summed E-state index contributed by atoms with van der Waals surface area (Å²) in [6, 6.07) is 7.61. The van der Waals surface area contributed by atoms with E-state index in [-0.39, 0.29) is 18.3 Å². The lowest BCUT2D eigenvalue weighted by Crippen LogP contribution is -2.12. The number of rotatable bonds is 4. The predicted octanol–water partition coefficient (Wildman–Crippen LogP) is 3.34. The number of anilines is 2. The summed E-state index contributed by atoms with van der Waals surface area (Å²) in [4.78, 5) is 17.2. The van der Waals surface area contributed by atoms with E-state index in [1.807, 2.05) is 38.1 Å². The van der Waals surface area contributed by atoms with Gasteiger partial charge in [-0.2, -0.15) is 0 Å². The number of aryl methyl sites for hydroxylation is 3. The fourth-order valence-corrected chi connectivity index (χ4v) is 2.55. The summed E-state index contributed by atoms with van der Waals surface area (Å²) in [6.07, 6.45) is 1.05. The summed E-state index contributed by atoms with van der Waals surface area (Å²) < 4.78 is 0. The highest BCUT2D eigenvalue weighted by Gasteiger charge is 2.08. The van der Waals surface area contributed by atoms with E-state index < -0.39 is 0 Å². The van der Waals surface area contributed by atoms with E-state index in [1.165, 1.54) is 11.3 Å². The minimum atomic E-state index is -0.0306. The molecule has 20 heavy (non-hydrogen) atoms. The fourth-order valence-electron chi connectivity index (χ4n) is 1.72. The lowest BCUT2D eigenvalue weighted by molar-refractivity contribution is -0.116. The molecule has 0 spiro atoms. The molecular formula is C14H18ClN3OS. The Morgan fingerprint density at radius 2 is 2.05 bits per heavy atom. The SMILES string of the molecule is Cc1nc(NC(=O)CCc2ccccc2N)sc1C.Cl. The molecule has 108 valence electrons. The summed E-state index contributed by atoms with van der Waals surface area (Å²) in [6.45, 7) is 3.93. The van der Waals surface area contributed by atoms with Gasteiger partial charge >= 0.3 is 0 Å². The van der Waals surface area contributed by atoms with Gasteiger partial charge in [0.2, 0.25) is 5.91 Å². The Morgan fingerprint density at radius 1 is 1.35 bits per heavy atom. The van der Waals surface area contributed by atoms with Crippen molar-refractivity contribution in [2.24, 2.45) is 0 Å². The largest absolute Gasteiger partial charge is 0.399 e. The highest BCUT2D eigenvalue weighted by atomic mass is 35.5. The number of halogens is 1. The zero-order chi connectivity index (χ0) is 13.8. The maximum Gasteiger partial charge on any atom is 0.226 e. The van der Waals surface area contributed by atoms with Gasteiger partial charge in [-0.15, -0.1) is 23.7 Å². The van der Waals surface area contributed by atoms with Crippen molar-refractivity contribution < 1.29 is 4.79 Å². The van der Waals surface area contributed by atoms with E-state index in [1.54, 1.807) is 0 Å². The van der Waals surface area contributed by atoms with Crippen molar-refractivity contribution in [2.75, 3.05) is 11.1 Å². The van der Waals surface area contributed by atoms with Gasteiger partial charge in [0.25, 0.3) is 0 Å². The van der Waals surface area contributed by atoms with E-state index in [2.05, 4.69) is 10.3 Å². The van der Waals surface area contributed by atoms with Crippen LogP contribution in [-0.2, 0) is 11.2 Å². The minimum absolute atomic E-state index is 0. The van der Waals surface area contributed by atoms with Crippen molar-refractivity contribution in [2.45, 2.75) is 26.7 Å². The molecule has 0 saturated carbocycles. The molecule has 3 N–H and O–H groups in total. The van der Waals surface area contributed by atoms with Crippen molar-refractivity contribution in [3.63, 3.8) is 0 Å². The number of carbonyl (C=O) groups excluding carboxylic acids is 1. The van der Waals surface area contributed by atoms with Crippen LogP contribution in [0, 0.1) is 13.8 Å². The second kappa shape index (κ2) is 7.26. The van der Waals surface area contributed by atoms with Gasteiger partial charge in [0.15, 0.2) is 5.13 Å². The monoisotopic (exact) mass is 311 g/mol. The summed E-state index contributed by atoms with van der Waals surface area (Å²) in [7, 11) is 0. The van der Waals surface area contributed by atoms with Crippen LogP contribution in [0.4, 0.5) is 10.8 Å². The van der Waals surface area contributed by atoms with Crippen molar-refractivity contribution in [3.05, 3.63) is 40.4 Å². The first-order valence-electron chi connectivity index (χ1n) is 6.13. The highest BCUT2D eigenvalue weighted by Crippen LogP contribution is 2.21. The molecule has 0 radical (unpaired) electrons. The first-order chi connectivity index (χ1) is 9.06. The molecule has 6 heteroatoms. The Bertz CT molecular complexity index is 578. The van der Waals surface area contributed by atoms with Gasteiger partial charge in [-0.05, 0) is 31.9 Å². The minimum Gasteiger partial charge on any atom is -0.399 e. The number of carbonyl (C=O) groups is 1. The van der Waals surface area contributed by atoms with E-state index in [0.717, 1.165) is 21.8 Å². The molecule has 4 nitrogen and oxygen atoms in total. The predicted molar refractivity (Wildman–Crippen MR) is 86.6 cm³/mol. The van der Waals surface area contributed by atoms with E-state index in [9.17, 15) is 4.79 Å². The number of hydrogen-bond acceptors (Lipinski definition) is 4. The Balaban J connectivity index is 0.00000200. The molecule has 0 unspecified atom stereocenters. The Hall–Kier alpha value is -1.59. The molecule has 0 aliphatic heterocycles. The smallest absolute Gasteiger partial charge is 0.226 e. The molecule has 0 aliphatic carbocycles. The van der Waals surface area contributed by atoms with Gasteiger partial charge < -0.3 is 11.1 Å². The molecule has 0 atom stereocenters. The third kappa shape index (κ3) is 4.21. The van der Waals surface area contributed by atoms with Crippen LogP contribution in [0.2, 0.25) is 0 Å². The third-order valence-electron chi connectivity index (χ3n) is 2.95. The van der Waals surface area contributed by atoms with Gasteiger partial charge in [0.05, 0.1) is 5.69 Å². The number of nitrogens with zero attached hydrogens (tertiary/aromatic N) is 1. The molecule has 2 rings (SSSR count). The van der Waals surface area contributed by atoms with Crippen LogP contribution in [0.3, 0.4) is 0 Å². The van der Waals surface area contributed by atoms with Crippen LogP contribution in [-0.4, -0.2) is 10.9 Å². The zero-order valence-electron chi connectivity index (χ0n) is 11.5. The Morgan fingerprint density at radius 3 is 2.65 bits per heavy atom. The van der Waals surface area contributed by atoms with Gasteiger partial charge in [-0.3, -0.25) is 4.79 Å². The van der Waals surface area contributed by atoms with Crippen LogP contribution in [0.25, 0.3) is 0 Å². The van der Waals surface area contributed by atoms with Crippen LogP contribution < -0.4 is 11.1 Å². The fraction of sp³-hybridized carbons (Fsp3) is 0.286. The normalized spacial score (nSPS) is 9.90. The molecule has 0 bridgehead atoms. The Kier molecular flexibility index (Phi) is 5.98. The van der Waals surface area contributed by atoms with Crippen LogP contribution in [0.15, 0.2) is 24.3 Å². The molecule has 1 aromatic heterocycles. The topological polar surface area (TPSA) is 68.0 Å². The Labute approximate surface area is 128 Å². The standard InChI is InChI=1S/C14H17N3OS.ClH/c1-9-10(2)19-14(16-9)17-13(18)8-7-11-5-3-4-6-12(11)15;/h3-6H,7-8,15H2,1-2H3,(H,16,17,18);1H. The summed E-state index contributed by atoms with van der Waals surface area (Å²) >= 11 is 1.50. The summed E-state index contributed by atoms with van der Waals surface area (Å²) in [5.41, 5.74) is 8.54. The van der Waals surface area contributed by atoms with Crippen LogP contribution in [0.5, 0.6) is 0 Å². The lowest BCUT2D eigenvalue weighted by atomic mass is 10.1. The molecule has 0 aliphatic rings. The van der Waals surface area contributed by atoms with Gasteiger partial charge in [0, 0.05) is 17.0 Å². The lowest BCUT2D eigenvalue weighted by Gasteiger charge is -2.05. The average molecular weight is 312 g/mol. The van der Waals surface area contributed by atoms with E-state index in [0.29, 0.717) is 18.0 Å². The van der Waals surface area contributed by atoms with Crippen LogP contribution >= 0.6 is 23.7 Å². The number of thiazole rings is 1. The molecular weight excluding hydrogens is 294 g/mol. The second-order valence-electron chi connectivity index (χ2n) is 4.41. The molecule has 1 amide bonds. The van der Waals surface area contributed by atoms with Crippen molar-refractivity contribution >= 4 is 40.5 Å². The second-order valence-corrected chi connectivity index (χ2v) is 5.61. The van der Waals surface area contributed by atoms with E-state index >= 15 is 0 Å². The number of benzene rings is 1. The number of aromatic nitrogens is 1. The van der Waals surface area contributed by atoms with Gasteiger partial charge in [0.1, 0.15) is 0 Å².